The van der Waals surface area contributed by atoms with Gasteiger partial charge in [-0.25, -0.2) is 0 Å². The second kappa shape index (κ2) is 3.75. The van der Waals surface area contributed by atoms with Gasteiger partial charge in [0.1, 0.15) is 0 Å². The molecule has 0 N–H and O–H groups in total. The largest absolute Gasteiger partial charge is 0.0599 e. The topological polar surface area (TPSA) is 0 Å². The summed E-state index contributed by atoms with van der Waals surface area (Å²) in [6.07, 6.45) is 6.05. The van der Waals surface area contributed by atoms with Gasteiger partial charge in [-0.05, 0) is 60.2 Å². The summed E-state index contributed by atoms with van der Waals surface area (Å²) < 4.78 is 0. The molecule has 0 aliphatic heterocycles. The van der Waals surface area contributed by atoms with Crippen LogP contribution in [0.25, 0.3) is 0 Å². The lowest BCUT2D eigenvalue weighted by atomic mass is 9.47. The fraction of sp³-hybridized carbons (Fsp3) is 1.00. The Labute approximate surface area is 102 Å². The average Bonchev–Trinajstić information content (AvgIpc) is 2.15. The molecule has 3 rings (SSSR count). The van der Waals surface area contributed by atoms with Gasteiger partial charge >= 0.3 is 0 Å². The zero-order chi connectivity index (χ0) is 12.1. The first kappa shape index (κ1) is 12.5. The SMILES string of the molecule is CC(C)(C)[C@@H]1C2CCC(CC2)[C@@H]1C(C)(C)C. The molecular weight excluding hydrogens is 192 g/mol. The maximum atomic E-state index is 2.47. The summed E-state index contributed by atoms with van der Waals surface area (Å²) in [5.74, 6) is 3.96. The molecule has 0 aromatic heterocycles. The Kier molecular flexibility index (Phi) is 2.92. The fourth-order valence-corrected chi connectivity index (χ4v) is 4.94. The molecule has 3 aliphatic carbocycles. The van der Waals surface area contributed by atoms with Crippen molar-refractivity contribution in [2.45, 2.75) is 67.2 Å². The van der Waals surface area contributed by atoms with Gasteiger partial charge in [0.05, 0.1) is 0 Å². The Bertz CT molecular complexity index is 214. The van der Waals surface area contributed by atoms with Crippen LogP contribution in [0, 0.1) is 34.5 Å². The molecular formula is C16H30. The van der Waals surface area contributed by atoms with E-state index in [1.165, 1.54) is 25.7 Å². The van der Waals surface area contributed by atoms with Crippen molar-refractivity contribution in [3.05, 3.63) is 0 Å². The van der Waals surface area contributed by atoms with Crippen LogP contribution in [0.1, 0.15) is 67.2 Å². The molecule has 3 fully saturated rings. The van der Waals surface area contributed by atoms with Gasteiger partial charge in [0.2, 0.25) is 0 Å². The molecule has 0 amide bonds. The zero-order valence-electron chi connectivity index (χ0n) is 12.1. The van der Waals surface area contributed by atoms with E-state index >= 15 is 0 Å². The Morgan fingerprint density at radius 1 is 0.562 bits per heavy atom. The van der Waals surface area contributed by atoms with Gasteiger partial charge in [-0.1, -0.05) is 41.5 Å². The van der Waals surface area contributed by atoms with E-state index in [2.05, 4.69) is 41.5 Å². The Morgan fingerprint density at radius 3 is 1.00 bits per heavy atom. The van der Waals surface area contributed by atoms with Crippen molar-refractivity contribution >= 4 is 0 Å². The molecule has 0 heteroatoms. The van der Waals surface area contributed by atoms with Gasteiger partial charge < -0.3 is 0 Å². The number of rotatable bonds is 0. The van der Waals surface area contributed by atoms with Crippen LogP contribution < -0.4 is 0 Å². The van der Waals surface area contributed by atoms with Crippen molar-refractivity contribution in [3.8, 4) is 0 Å². The number of fused-ring (bicyclic) bond motifs is 3. The first-order chi connectivity index (χ1) is 7.21. The third kappa shape index (κ3) is 2.05. The van der Waals surface area contributed by atoms with Gasteiger partial charge in [0, 0.05) is 0 Å². The minimum Gasteiger partial charge on any atom is -0.0599 e. The van der Waals surface area contributed by atoms with Crippen molar-refractivity contribution in [2.75, 3.05) is 0 Å². The van der Waals surface area contributed by atoms with E-state index < -0.39 is 0 Å². The Morgan fingerprint density at radius 2 is 0.812 bits per heavy atom. The molecule has 0 radical (unpaired) electrons. The molecule has 0 saturated heterocycles. The standard InChI is InChI=1S/C16H30/c1-15(2,3)13-11-7-9-12(10-8-11)14(13)16(4,5)6/h11-14H,7-10H2,1-6H3/t11?,12?,13-,14+. The van der Waals surface area contributed by atoms with Gasteiger partial charge in [-0.3, -0.25) is 0 Å². The third-order valence-corrected chi connectivity index (χ3v) is 5.22. The third-order valence-electron chi connectivity index (χ3n) is 5.22. The highest BCUT2D eigenvalue weighted by Gasteiger charge is 2.51. The lowest BCUT2D eigenvalue weighted by Crippen LogP contribution is -2.50. The molecule has 94 valence electrons. The normalized spacial score (nSPS) is 40.1. The second-order valence-corrected chi connectivity index (χ2v) is 8.46. The molecule has 0 nitrogen and oxygen atoms in total. The minimum absolute atomic E-state index is 0.502. The molecule has 0 unspecified atom stereocenters. The van der Waals surface area contributed by atoms with E-state index in [1.807, 2.05) is 0 Å². The van der Waals surface area contributed by atoms with Crippen molar-refractivity contribution < 1.29 is 0 Å². The average molecular weight is 222 g/mol. The first-order valence-corrected chi connectivity index (χ1v) is 7.21. The van der Waals surface area contributed by atoms with Crippen molar-refractivity contribution in [2.24, 2.45) is 34.5 Å². The lowest BCUT2D eigenvalue weighted by molar-refractivity contribution is -0.0878. The molecule has 0 aromatic rings. The summed E-state index contributed by atoms with van der Waals surface area (Å²) in [7, 11) is 0. The highest BCUT2D eigenvalue weighted by molar-refractivity contribution is 5.00. The maximum Gasteiger partial charge on any atom is -0.0301 e. The summed E-state index contributed by atoms with van der Waals surface area (Å²) >= 11 is 0. The summed E-state index contributed by atoms with van der Waals surface area (Å²) in [5.41, 5.74) is 1.00. The smallest absolute Gasteiger partial charge is 0.0301 e. The summed E-state index contributed by atoms with van der Waals surface area (Å²) in [6.45, 7) is 14.8. The van der Waals surface area contributed by atoms with Crippen LogP contribution in [0.4, 0.5) is 0 Å². The lowest BCUT2D eigenvalue weighted by Gasteiger charge is -2.58. The fourth-order valence-electron chi connectivity index (χ4n) is 4.94. The molecule has 2 bridgehead atoms. The molecule has 0 heterocycles. The monoisotopic (exact) mass is 222 g/mol. The van der Waals surface area contributed by atoms with Crippen LogP contribution in [0.2, 0.25) is 0 Å². The van der Waals surface area contributed by atoms with E-state index in [-0.39, 0.29) is 0 Å². The van der Waals surface area contributed by atoms with Crippen LogP contribution in [-0.2, 0) is 0 Å². The van der Waals surface area contributed by atoms with Crippen LogP contribution in [0.5, 0.6) is 0 Å². The molecule has 0 aromatic carbocycles. The predicted octanol–water partition coefficient (Wildman–Crippen LogP) is 5.13. The van der Waals surface area contributed by atoms with E-state index in [1.54, 1.807) is 0 Å². The van der Waals surface area contributed by atoms with Crippen LogP contribution in [0.15, 0.2) is 0 Å². The van der Waals surface area contributed by atoms with E-state index in [9.17, 15) is 0 Å². The summed E-state index contributed by atoms with van der Waals surface area (Å²) in [4.78, 5) is 0. The quantitative estimate of drug-likeness (QED) is 0.533. The highest BCUT2D eigenvalue weighted by Crippen LogP contribution is 2.59. The minimum atomic E-state index is 0.502. The summed E-state index contributed by atoms with van der Waals surface area (Å²) in [6, 6.07) is 0. The van der Waals surface area contributed by atoms with Gasteiger partial charge in [-0.2, -0.15) is 0 Å². The molecule has 3 saturated carbocycles. The van der Waals surface area contributed by atoms with E-state index in [0.29, 0.717) is 10.8 Å². The van der Waals surface area contributed by atoms with Crippen LogP contribution in [-0.4, -0.2) is 0 Å². The van der Waals surface area contributed by atoms with Gasteiger partial charge in [-0.15, -0.1) is 0 Å². The van der Waals surface area contributed by atoms with Gasteiger partial charge in [0.15, 0.2) is 0 Å². The van der Waals surface area contributed by atoms with Gasteiger partial charge in [0.25, 0.3) is 0 Å². The van der Waals surface area contributed by atoms with Crippen molar-refractivity contribution in [3.63, 3.8) is 0 Å². The van der Waals surface area contributed by atoms with Crippen molar-refractivity contribution in [1.29, 1.82) is 0 Å². The molecule has 16 heavy (non-hydrogen) atoms. The first-order valence-electron chi connectivity index (χ1n) is 7.21. The molecule has 3 aliphatic rings. The molecule has 0 spiro atoms. The molecule has 2 atom stereocenters. The van der Waals surface area contributed by atoms with E-state index in [0.717, 1.165) is 23.7 Å². The zero-order valence-corrected chi connectivity index (χ0v) is 12.1. The van der Waals surface area contributed by atoms with Crippen LogP contribution >= 0.6 is 0 Å². The van der Waals surface area contributed by atoms with Crippen LogP contribution in [0.3, 0.4) is 0 Å². The Hall–Kier alpha value is 0. The van der Waals surface area contributed by atoms with Crippen molar-refractivity contribution in [1.82, 2.24) is 0 Å². The second-order valence-electron chi connectivity index (χ2n) is 8.46. The highest BCUT2D eigenvalue weighted by atomic mass is 14.6. The summed E-state index contributed by atoms with van der Waals surface area (Å²) in [5, 5.41) is 0. The van der Waals surface area contributed by atoms with E-state index in [4.69, 9.17) is 0 Å². The number of hydrogen-bond donors (Lipinski definition) is 0. The number of hydrogen-bond acceptors (Lipinski definition) is 0. The predicted molar refractivity (Wildman–Crippen MR) is 71.3 cm³/mol. The maximum absolute atomic E-state index is 2.47. The Balaban J connectivity index is 2.32.